The van der Waals surface area contributed by atoms with E-state index in [2.05, 4.69) is 35.8 Å². The van der Waals surface area contributed by atoms with Crippen molar-refractivity contribution < 1.29 is 0 Å². The summed E-state index contributed by atoms with van der Waals surface area (Å²) in [5.41, 5.74) is 8.78. The molecule has 2 aromatic rings. The molecule has 2 heterocycles. The summed E-state index contributed by atoms with van der Waals surface area (Å²) < 4.78 is 2.36. The molecule has 0 spiro atoms. The van der Waals surface area contributed by atoms with E-state index in [0.717, 1.165) is 30.7 Å². The number of para-hydroxylation sites is 2. The number of imidazole rings is 1. The van der Waals surface area contributed by atoms with Crippen molar-refractivity contribution >= 4 is 22.8 Å². The lowest BCUT2D eigenvalue weighted by molar-refractivity contribution is 0.448. The molecule has 0 radical (unpaired) electrons. The summed E-state index contributed by atoms with van der Waals surface area (Å²) in [6.45, 7) is 3.24. The minimum Gasteiger partial charge on any atom is -0.328 e. The maximum absolute atomic E-state index is 6.43. The van der Waals surface area contributed by atoms with E-state index in [9.17, 15) is 0 Å². The van der Waals surface area contributed by atoms with Crippen molar-refractivity contribution in [3.05, 3.63) is 30.1 Å². The van der Waals surface area contributed by atoms with Crippen molar-refractivity contribution in [3.8, 4) is 0 Å². The first-order valence-corrected chi connectivity index (χ1v) is 8.72. The van der Waals surface area contributed by atoms with Crippen LogP contribution in [0.25, 0.3) is 11.0 Å². The predicted molar refractivity (Wildman–Crippen MR) is 87.1 cm³/mol. The Kier molecular flexibility index (Phi) is 4.32. The molecule has 1 aliphatic rings. The van der Waals surface area contributed by atoms with Gasteiger partial charge in [-0.1, -0.05) is 19.1 Å². The predicted octanol–water partition coefficient (Wildman–Crippen LogP) is 3.07. The molecule has 0 saturated carbocycles. The van der Waals surface area contributed by atoms with Gasteiger partial charge in [0.05, 0.1) is 11.0 Å². The van der Waals surface area contributed by atoms with Gasteiger partial charge in [0.2, 0.25) is 0 Å². The van der Waals surface area contributed by atoms with Crippen molar-refractivity contribution in [2.75, 3.05) is 11.5 Å². The molecule has 20 heavy (non-hydrogen) atoms. The van der Waals surface area contributed by atoms with Crippen LogP contribution in [0.1, 0.15) is 25.6 Å². The van der Waals surface area contributed by atoms with Crippen molar-refractivity contribution in [1.29, 1.82) is 0 Å². The number of aryl methyl sites for hydroxylation is 1. The lowest BCUT2D eigenvalue weighted by Gasteiger charge is -2.18. The second kappa shape index (κ2) is 6.19. The van der Waals surface area contributed by atoms with E-state index in [-0.39, 0.29) is 6.04 Å². The van der Waals surface area contributed by atoms with Crippen LogP contribution < -0.4 is 5.73 Å². The van der Waals surface area contributed by atoms with Crippen molar-refractivity contribution in [2.24, 2.45) is 11.7 Å². The first-order valence-electron chi connectivity index (χ1n) is 7.57. The van der Waals surface area contributed by atoms with Gasteiger partial charge in [0, 0.05) is 19.0 Å². The summed E-state index contributed by atoms with van der Waals surface area (Å²) in [5, 5.41) is 0. The van der Waals surface area contributed by atoms with Gasteiger partial charge in [-0.3, -0.25) is 0 Å². The number of aromatic nitrogens is 2. The van der Waals surface area contributed by atoms with Gasteiger partial charge in [-0.2, -0.15) is 11.8 Å². The third-order valence-electron chi connectivity index (χ3n) is 4.17. The van der Waals surface area contributed by atoms with E-state index in [4.69, 9.17) is 10.7 Å². The van der Waals surface area contributed by atoms with Gasteiger partial charge in [-0.05, 0) is 42.4 Å². The Bertz CT molecular complexity index is 572. The first-order chi connectivity index (χ1) is 9.79. The molecule has 3 nitrogen and oxygen atoms in total. The third kappa shape index (κ3) is 2.72. The fourth-order valence-corrected chi connectivity index (χ4v) is 4.37. The summed E-state index contributed by atoms with van der Waals surface area (Å²) in [5.74, 6) is 4.31. The zero-order chi connectivity index (χ0) is 13.9. The number of rotatable bonds is 5. The summed E-state index contributed by atoms with van der Waals surface area (Å²) in [6, 6.07) is 8.66. The second-order valence-electron chi connectivity index (χ2n) is 5.66. The molecular weight excluding hydrogens is 266 g/mol. The molecule has 0 amide bonds. The molecule has 0 aliphatic carbocycles. The SMILES string of the molecule is CCCn1c(CC(N)C2CCSC2)nc2ccccc21. The van der Waals surface area contributed by atoms with Gasteiger partial charge in [-0.15, -0.1) is 0 Å². The highest BCUT2D eigenvalue weighted by molar-refractivity contribution is 7.99. The Labute approximate surface area is 124 Å². The monoisotopic (exact) mass is 289 g/mol. The fraction of sp³-hybridized carbons (Fsp3) is 0.562. The van der Waals surface area contributed by atoms with Crippen LogP contribution in [-0.4, -0.2) is 27.1 Å². The van der Waals surface area contributed by atoms with E-state index in [1.807, 2.05) is 11.8 Å². The van der Waals surface area contributed by atoms with Gasteiger partial charge in [0.25, 0.3) is 0 Å². The number of benzene rings is 1. The zero-order valence-electron chi connectivity index (χ0n) is 12.1. The second-order valence-corrected chi connectivity index (χ2v) is 6.81. The molecule has 2 unspecified atom stereocenters. The third-order valence-corrected chi connectivity index (χ3v) is 5.36. The number of fused-ring (bicyclic) bond motifs is 1. The average Bonchev–Trinajstić information content (AvgIpc) is 3.08. The smallest absolute Gasteiger partial charge is 0.111 e. The lowest BCUT2D eigenvalue weighted by atomic mass is 9.97. The van der Waals surface area contributed by atoms with Crippen LogP contribution >= 0.6 is 11.8 Å². The Morgan fingerprint density at radius 1 is 1.45 bits per heavy atom. The molecule has 2 N–H and O–H groups in total. The van der Waals surface area contributed by atoms with Gasteiger partial charge in [-0.25, -0.2) is 4.98 Å². The molecule has 108 valence electrons. The summed E-state index contributed by atoms with van der Waals surface area (Å²) in [7, 11) is 0. The Morgan fingerprint density at radius 2 is 2.30 bits per heavy atom. The topological polar surface area (TPSA) is 43.8 Å². The van der Waals surface area contributed by atoms with Crippen molar-refractivity contribution in [3.63, 3.8) is 0 Å². The van der Waals surface area contributed by atoms with Crippen molar-refractivity contribution in [2.45, 2.75) is 38.8 Å². The van der Waals surface area contributed by atoms with Crippen LogP contribution in [0.3, 0.4) is 0 Å². The number of nitrogens with zero attached hydrogens (tertiary/aromatic N) is 2. The van der Waals surface area contributed by atoms with Gasteiger partial charge in [0.15, 0.2) is 0 Å². The highest BCUT2D eigenvalue weighted by Crippen LogP contribution is 2.27. The van der Waals surface area contributed by atoms with E-state index in [1.54, 1.807) is 0 Å². The standard InChI is InChI=1S/C16H23N3S/c1-2-8-19-15-6-4-3-5-14(15)18-16(19)10-13(17)12-7-9-20-11-12/h3-6,12-13H,2,7-11,17H2,1H3. The van der Waals surface area contributed by atoms with Crippen LogP contribution in [0.4, 0.5) is 0 Å². The Hall–Kier alpha value is -1.00. The van der Waals surface area contributed by atoms with Crippen molar-refractivity contribution in [1.82, 2.24) is 9.55 Å². The summed E-state index contributed by atoms with van der Waals surface area (Å²) in [4.78, 5) is 4.82. The van der Waals surface area contributed by atoms with Crippen LogP contribution in [0.5, 0.6) is 0 Å². The molecule has 1 aromatic carbocycles. The largest absolute Gasteiger partial charge is 0.328 e. The number of hydrogen-bond acceptors (Lipinski definition) is 3. The molecule has 0 bridgehead atoms. The van der Waals surface area contributed by atoms with Crippen LogP contribution in [0.15, 0.2) is 24.3 Å². The zero-order valence-corrected chi connectivity index (χ0v) is 12.9. The van der Waals surface area contributed by atoms with Crippen LogP contribution in [-0.2, 0) is 13.0 Å². The van der Waals surface area contributed by atoms with E-state index in [0.29, 0.717) is 5.92 Å². The minimum absolute atomic E-state index is 0.248. The molecule has 4 heteroatoms. The van der Waals surface area contributed by atoms with Crippen LogP contribution in [0, 0.1) is 5.92 Å². The summed E-state index contributed by atoms with van der Waals surface area (Å²) in [6.07, 6.45) is 3.29. The Balaban J connectivity index is 1.87. The molecule has 1 saturated heterocycles. The molecule has 3 rings (SSSR count). The van der Waals surface area contributed by atoms with Crippen LogP contribution in [0.2, 0.25) is 0 Å². The highest BCUT2D eigenvalue weighted by Gasteiger charge is 2.24. The Morgan fingerprint density at radius 3 is 3.05 bits per heavy atom. The summed E-state index contributed by atoms with van der Waals surface area (Å²) >= 11 is 2.03. The van der Waals surface area contributed by atoms with E-state index in [1.165, 1.54) is 23.4 Å². The van der Waals surface area contributed by atoms with E-state index < -0.39 is 0 Å². The normalized spacial score (nSPS) is 20.6. The molecule has 1 fully saturated rings. The molecular formula is C16H23N3S. The molecule has 1 aromatic heterocycles. The molecule has 1 aliphatic heterocycles. The number of nitrogens with two attached hydrogens (primary N) is 1. The molecule has 2 atom stereocenters. The van der Waals surface area contributed by atoms with E-state index >= 15 is 0 Å². The fourth-order valence-electron chi connectivity index (χ4n) is 3.02. The lowest BCUT2D eigenvalue weighted by Crippen LogP contribution is -2.33. The number of hydrogen-bond donors (Lipinski definition) is 1. The van der Waals surface area contributed by atoms with Gasteiger partial charge in [0.1, 0.15) is 5.82 Å². The maximum atomic E-state index is 6.43. The number of thioether (sulfide) groups is 1. The first kappa shape index (κ1) is 14.0. The maximum Gasteiger partial charge on any atom is 0.111 e. The highest BCUT2D eigenvalue weighted by atomic mass is 32.2. The average molecular weight is 289 g/mol. The minimum atomic E-state index is 0.248. The van der Waals surface area contributed by atoms with Gasteiger partial charge >= 0.3 is 0 Å². The van der Waals surface area contributed by atoms with Gasteiger partial charge < -0.3 is 10.3 Å². The quantitative estimate of drug-likeness (QED) is 0.920.